The molecule has 0 aliphatic rings. The van der Waals surface area contributed by atoms with Crippen LogP contribution in [0.2, 0.25) is 0 Å². The summed E-state index contributed by atoms with van der Waals surface area (Å²) in [5.41, 5.74) is 7.40. The van der Waals surface area contributed by atoms with E-state index in [1.807, 2.05) is 6.92 Å². The van der Waals surface area contributed by atoms with Crippen LogP contribution in [0, 0.1) is 6.92 Å². The summed E-state index contributed by atoms with van der Waals surface area (Å²) >= 11 is 0. The lowest BCUT2D eigenvalue weighted by molar-refractivity contribution is 0.102. The molecule has 2 rings (SSSR count). The molecule has 3 N–H and O–H groups in total. The van der Waals surface area contributed by atoms with Gasteiger partial charge in [0.1, 0.15) is 5.82 Å². The highest BCUT2D eigenvalue weighted by Crippen LogP contribution is 2.10. The number of aromatic nitrogens is 3. The number of nitrogens with zero attached hydrogens (tertiary/aromatic N) is 3. The number of nitrogen functional groups attached to an aromatic ring is 1. The fraction of sp³-hybridized carbons (Fsp3) is 0.182. The van der Waals surface area contributed by atoms with E-state index < -0.39 is 0 Å². The molecular weight excluding hydrogens is 218 g/mol. The van der Waals surface area contributed by atoms with Gasteiger partial charge in [-0.2, -0.15) is 5.10 Å². The lowest BCUT2D eigenvalue weighted by Gasteiger charge is -2.03. The van der Waals surface area contributed by atoms with Crippen molar-refractivity contribution < 1.29 is 4.79 Å². The molecule has 0 fully saturated rings. The van der Waals surface area contributed by atoms with Gasteiger partial charge < -0.3 is 11.1 Å². The second-order valence-electron chi connectivity index (χ2n) is 3.70. The Morgan fingerprint density at radius 1 is 1.41 bits per heavy atom. The Kier molecular flexibility index (Phi) is 2.78. The second kappa shape index (κ2) is 4.25. The second-order valence-corrected chi connectivity index (χ2v) is 3.70. The number of pyridine rings is 1. The summed E-state index contributed by atoms with van der Waals surface area (Å²) in [7, 11) is 1.79. The van der Waals surface area contributed by atoms with E-state index in [0.717, 1.165) is 5.69 Å². The lowest BCUT2D eigenvalue weighted by atomic mass is 10.2. The van der Waals surface area contributed by atoms with Gasteiger partial charge in [0, 0.05) is 12.7 Å². The number of hydrogen-bond donors (Lipinski definition) is 2. The van der Waals surface area contributed by atoms with E-state index in [0.29, 0.717) is 17.1 Å². The molecule has 0 saturated carbocycles. The summed E-state index contributed by atoms with van der Waals surface area (Å²) in [4.78, 5) is 15.9. The van der Waals surface area contributed by atoms with Crippen LogP contribution < -0.4 is 11.1 Å². The number of aryl methyl sites for hydroxylation is 1. The van der Waals surface area contributed by atoms with E-state index in [9.17, 15) is 4.79 Å². The molecule has 2 heterocycles. The van der Waals surface area contributed by atoms with Crippen molar-refractivity contribution in [1.29, 1.82) is 0 Å². The van der Waals surface area contributed by atoms with E-state index in [4.69, 9.17) is 5.73 Å². The maximum Gasteiger partial charge on any atom is 0.260 e. The normalized spacial score (nSPS) is 10.2. The van der Waals surface area contributed by atoms with E-state index >= 15 is 0 Å². The molecule has 6 nitrogen and oxygen atoms in total. The molecule has 0 unspecified atom stereocenters. The molecule has 2 aromatic rings. The van der Waals surface area contributed by atoms with Crippen molar-refractivity contribution in [3.05, 3.63) is 35.8 Å². The van der Waals surface area contributed by atoms with Gasteiger partial charge in [-0.25, -0.2) is 4.98 Å². The summed E-state index contributed by atoms with van der Waals surface area (Å²) in [6, 6.07) is 3.33. The molecule has 1 amide bonds. The van der Waals surface area contributed by atoms with Crippen molar-refractivity contribution in [3.8, 4) is 0 Å². The SMILES string of the molecule is Cc1c(C(=O)Nc2ccc(N)cn2)cnn1C. The molecule has 6 heteroatoms. The third-order valence-corrected chi connectivity index (χ3v) is 2.51. The van der Waals surface area contributed by atoms with Gasteiger partial charge in [-0.05, 0) is 19.1 Å². The van der Waals surface area contributed by atoms with Crippen LogP contribution in [0.4, 0.5) is 11.5 Å². The third-order valence-electron chi connectivity index (χ3n) is 2.51. The van der Waals surface area contributed by atoms with E-state index in [1.54, 1.807) is 23.9 Å². The highest BCUT2D eigenvalue weighted by Gasteiger charge is 2.13. The zero-order valence-corrected chi connectivity index (χ0v) is 9.64. The van der Waals surface area contributed by atoms with Crippen LogP contribution in [0.25, 0.3) is 0 Å². The highest BCUT2D eigenvalue weighted by molar-refractivity contribution is 6.04. The monoisotopic (exact) mass is 231 g/mol. The first kappa shape index (κ1) is 11.1. The molecular formula is C11H13N5O. The summed E-state index contributed by atoms with van der Waals surface area (Å²) < 4.78 is 1.64. The minimum atomic E-state index is -0.229. The van der Waals surface area contributed by atoms with Crippen molar-refractivity contribution in [1.82, 2.24) is 14.8 Å². The highest BCUT2D eigenvalue weighted by atomic mass is 16.1. The number of carbonyl (C=O) groups is 1. The Balaban J connectivity index is 2.17. The van der Waals surface area contributed by atoms with Gasteiger partial charge in [0.25, 0.3) is 5.91 Å². The van der Waals surface area contributed by atoms with Gasteiger partial charge in [0.2, 0.25) is 0 Å². The Morgan fingerprint density at radius 3 is 2.71 bits per heavy atom. The van der Waals surface area contributed by atoms with Crippen molar-refractivity contribution in [2.75, 3.05) is 11.1 Å². The number of anilines is 2. The summed E-state index contributed by atoms with van der Waals surface area (Å²) in [6.45, 7) is 1.83. The molecule has 0 saturated heterocycles. The maximum absolute atomic E-state index is 11.9. The van der Waals surface area contributed by atoms with Crippen LogP contribution in [0.5, 0.6) is 0 Å². The van der Waals surface area contributed by atoms with Crippen LogP contribution in [0.3, 0.4) is 0 Å². The number of carbonyl (C=O) groups excluding carboxylic acids is 1. The molecule has 0 radical (unpaired) electrons. The molecule has 0 aromatic carbocycles. The standard InChI is InChI=1S/C11H13N5O/c1-7-9(6-14-16(7)2)11(17)15-10-4-3-8(12)5-13-10/h3-6H,12H2,1-2H3,(H,13,15,17). The number of amides is 1. The maximum atomic E-state index is 11.9. The van der Waals surface area contributed by atoms with Gasteiger partial charge in [-0.15, -0.1) is 0 Å². The van der Waals surface area contributed by atoms with E-state index in [2.05, 4.69) is 15.4 Å². The summed E-state index contributed by atoms with van der Waals surface area (Å²) in [5, 5.41) is 6.69. The van der Waals surface area contributed by atoms with Crippen molar-refractivity contribution >= 4 is 17.4 Å². The predicted molar refractivity (Wildman–Crippen MR) is 64.5 cm³/mol. The van der Waals surface area contributed by atoms with E-state index in [1.165, 1.54) is 12.4 Å². The average molecular weight is 231 g/mol. The molecule has 0 bridgehead atoms. The largest absolute Gasteiger partial charge is 0.397 e. The first-order chi connectivity index (χ1) is 8.08. The fourth-order valence-corrected chi connectivity index (χ4v) is 1.38. The fourth-order valence-electron chi connectivity index (χ4n) is 1.38. The quantitative estimate of drug-likeness (QED) is 0.806. The van der Waals surface area contributed by atoms with Gasteiger partial charge in [-0.3, -0.25) is 9.48 Å². The zero-order chi connectivity index (χ0) is 12.4. The molecule has 2 aromatic heterocycles. The van der Waals surface area contributed by atoms with Gasteiger partial charge >= 0.3 is 0 Å². The van der Waals surface area contributed by atoms with Crippen molar-refractivity contribution in [3.63, 3.8) is 0 Å². The minimum Gasteiger partial charge on any atom is -0.397 e. The Morgan fingerprint density at radius 2 is 2.18 bits per heavy atom. The minimum absolute atomic E-state index is 0.229. The molecule has 0 aliphatic carbocycles. The zero-order valence-electron chi connectivity index (χ0n) is 9.64. The van der Waals surface area contributed by atoms with Crippen LogP contribution in [0.15, 0.2) is 24.5 Å². The Bertz CT molecular complexity index is 543. The molecule has 0 aliphatic heterocycles. The first-order valence-corrected chi connectivity index (χ1v) is 5.09. The van der Waals surface area contributed by atoms with Crippen LogP contribution in [0.1, 0.15) is 16.1 Å². The van der Waals surface area contributed by atoms with Crippen LogP contribution in [-0.2, 0) is 7.05 Å². The summed E-state index contributed by atoms with van der Waals surface area (Å²) in [6.07, 6.45) is 3.02. The van der Waals surface area contributed by atoms with Crippen molar-refractivity contribution in [2.24, 2.45) is 7.05 Å². The predicted octanol–water partition coefficient (Wildman–Crippen LogP) is 0.958. The van der Waals surface area contributed by atoms with Gasteiger partial charge in [0.15, 0.2) is 0 Å². The molecule has 0 atom stereocenters. The van der Waals surface area contributed by atoms with Crippen LogP contribution in [-0.4, -0.2) is 20.7 Å². The number of nitrogens with one attached hydrogen (secondary N) is 1. The smallest absolute Gasteiger partial charge is 0.260 e. The number of nitrogens with two attached hydrogens (primary N) is 1. The van der Waals surface area contributed by atoms with Crippen LogP contribution >= 0.6 is 0 Å². The molecule has 88 valence electrons. The lowest BCUT2D eigenvalue weighted by Crippen LogP contribution is -2.13. The third kappa shape index (κ3) is 2.25. The van der Waals surface area contributed by atoms with Crippen molar-refractivity contribution in [2.45, 2.75) is 6.92 Å². The van der Waals surface area contributed by atoms with Gasteiger partial charge in [0.05, 0.1) is 23.6 Å². The van der Waals surface area contributed by atoms with Gasteiger partial charge in [-0.1, -0.05) is 0 Å². The molecule has 0 spiro atoms. The number of hydrogen-bond acceptors (Lipinski definition) is 4. The molecule has 17 heavy (non-hydrogen) atoms. The Hall–Kier alpha value is -2.37. The van der Waals surface area contributed by atoms with E-state index in [-0.39, 0.29) is 5.91 Å². The topological polar surface area (TPSA) is 85.8 Å². The summed E-state index contributed by atoms with van der Waals surface area (Å²) in [5.74, 6) is 0.236. The Labute approximate surface area is 98.5 Å². The number of rotatable bonds is 2. The average Bonchev–Trinajstić information content (AvgIpc) is 2.63. The first-order valence-electron chi connectivity index (χ1n) is 5.09.